The Kier molecular flexibility index (Phi) is 7.25. The zero-order valence-electron chi connectivity index (χ0n) is 12.1. The van der Waals surface area contributed by atoms with Gasteiger partial charge in [0.1, 0.15) is 11.5 Å². The van der Waals surface area contributed by atoms with Gasteiger partial charge in [-0.15, -0.1) is 0 Å². The molecule has 1 rings (SSSR count). The van der Waals surface area contributed by atoms with E-state index in [1.807, 2.05) is 0 Å². The molecule has 0 bridgehead atoms. The minimum atomic E-state index is -0.551. The molecule has 0 unspecified atom stereocenters. The highest BCUT2D eigenvalue weighted by atomic mass is 16.5. The first kappa shape index (κ1) is 16.1. The summed E-state index contributed by atoms with van der Waals surface area (Å²) in [6, 6.07) is 6.97. The van der Waals surface area contributed by atoms with Crippen LogP contribution in [0.4, 0.5) is 0 Å². The quantitative estimate of drug-likeness (QED) is 0.341. The van der Waals surface area contributed by atoms with Gasteiger partial charge in [-0.2, -0.15) is 0 Å². The molecular weight excluding hydrogens is 256 g/mol. The maximum atomic E-state index is 11.2. The van der Waals surface area contributed by atoms with Gasteiger partial charge in [0.05, 0.1) is 19.3 Å². The van der Waals surface area contributed by atoms with E-state index in [1.54, 1.807) is 31.2 Å². The molecule has 0 radical (unpaired) electrons. The van der Waals surface area contributed by atoms with Crippen molar-refractivity contribution in [2.75, 3.05) is 13.2 Å². The fraction of sp³-hybridized carbons (Fsp3) is 0.438. The second kappa shape index (κ2) is 9.02. The van der Waals surface area contributed by atoms with E-state index in [2.05, 4.69) is 6.92 Å². The predicted octanol–water partition coefficient (Wildman–Crippen LogP) is 3.72. The van der Waals surface area contributed by atoms with E-state index < -0.39 is 5.97 Å². The number of hydrogen-bond donors (Lipinski definition) is 1. The molecule has 0 spiro atoms. The zero-order valence-corrected chi connectivity index (χ0v) is 12.1. The molecule has 0 aliphatic rings. The highest BCUT2D eigenvalue weighted by molar-refractivity contribution is 5.89. The van der Waals surface area contributed by atoms with E-state index in [1.165, 1.54) is 0 Å². The molecule has 0 fully saturated rings. The third-order valence-electron chi connectivity index (χ3n) is 2.71. The van der Waals surface area contributed by atoms with Crippen LogP contribution in [-0.4, -0.2) is 24.3 Å². The first-order valence-electron chi connectivity index (χ1n) is 6.98. The third-order valence-corrected chi connectivity index (χ3v) is 2.71. The predicted molar refractivity (Wildman–Crippen MR) is 78.7 cm³/mol. The second-order valence-electron chi connectivity index (χ2n) is 4.36. The molecule has 4 nitrogen and oxygen atoms in total. The van der Waals surface area contributed by atoms with Crippen molar-refractivity contribution >= 4 is 11.7 Å². The molecule has 0 aromatic heterocycles. The molecule has 0 aliphatic carbocycles. The molecule has 0 atom stereocenters. The Labute approximate surface area is 120 Å². The van der Waals surface area contributed by atoms with Crippen LogP contribution in [0, 0.1) is 0 Å². The van der Waals surface area contributed by atoms with E-state index in [4.69, 9.17) is 9.47 Å². The summed E-state index contributed by atoms with van der Waals surface area (Å²) >= 11 is 0. The Morgan fingerprint density at radius 1 is 1.20 bits per heavy atom. The van der Waals surface area contributed by atoms with Gasteiger partial charge < -0.3 is 14.6 Å². The van der Waals surface area contributed by atoms with Crippen LogP contribution in [0.15, 0.2) is 30.3 Å². The number of rotatable bonds is 8. The van der Waals surface area contributed by atoms with Gasteiger partial charge in [-0.05, 0) is 37.6 Å². The number of benzene rings is 1. The fourth-order valence-electron chi connectivity index (χ4n) is 1.64. The minimum absolute atomic E-state index is 0.110. The van der Waals surface area contributed by atoms with Crippen LogP contribution in [0.5, 0.6) is 5.75 Å². The van der Waals surface area contributed by atoms with Gasteiger partial charge in [0.15, 0.2) is 0 Å². The second-order valence-corrected chi connectivity index (χ2v) is 4.36. The van der Waals surface area contributed by atoms with Crippen LogP contribution in [0.1, 0.15) is 38.7 Å². The lowest BCUT2D eigenvalue weighted by molar-refractivity contribution is -0.137. The van der Waals surface area contributed by atoms with Crippen LogP contribution in [0.25, 0.3) is 5.76 Å². The van der Waals surface area contributed by atoms with Crippen molar-refractivity contribution in [3.63, 3.8) is 0 Å². The van der Waals surface area contributed by atoms with Crippen molar-refractivity contribution in [1.82, 2.24) is 0 Å². The molecule has 1 aromatic rings. The summed E-state index contributed by atoms with van der Waals surface area (Å²) in [5.74, 6) is 0.0969. The van der Waals surface area contributed by atoms with E-state index in [0.29, 0.717) is 12.2 Å². The zero-order chi connectivity index (χ0) is 14.8. The summed E-state index contributed by atoms with van der Waals surface area (Å²) in [5, 5.41) is 9.77. The Hall–Kier alpha value is -1.97. The summed E-state index contributed by atoms with van der Waals surface area (Å²) in [6.07, 6.45) is 4.42. The van der Waals surface area contributed by atoms with E-state index in [9.17, 15) is 9.90 Å². The first-order chi connectivity index (χ1) is 9.67. The Balaban J connectivity index is 2.55. The van der Waals surface area contributed by atoms with Crippen molar-refractivity contribution in [3.05, 3.63) is 35.9 Å². The van der Waals surface area contributed by atoms with Crippen LogP contribution in [0.2, 0.25) is 0 Å². The molecule has 0 amide bonds. The molecule has 1 N–H and O–H groups in total. The molecule has 0 aliphatic heterocycles. The lowest BCUT2D eigenvalue weighted by atomic mass is 10.1. The molecule has 0 saturated carbocycles. The van der Waals surface area contributed by atoms with Crippen LogP contribution >= 0.6 is 0 Å². The Bertz CT molecular complexity index is 434. The number of carbonyl (C=O) groups is 1. The van der Waals surface area contributed by atoms with Gasteiger partial charge in [-0.3, -0.25) is 0 Å². The lowest BCUT2D eigenvalue weighted by Crippen LogP contribution is -2.01. The average Bonchev–Trinajstić information content (AvgIpc) is 2.44. The largest absolute Gasteiger partial charge is 0.507 e. The van der Waals surface area contributed by atoms with Gasteiger partial charge in [-0.1, -0.05) is 19.8 Å². The highest BCUT2D eigenvalue weighted by Gasteiger charge is 2.04. The molecular formula is C16H22O4. The van der Waals surface area contributed by atoms with Crippen molar-refractivity contribution in [1.29, 1.82) is 0 Å². The molecule has 110 valence electrons. The third kappa shape index (κ3) is 5.78. The lowest BCUT2D eigenvalue weighted by Gasteiger charge is -2.06. The number of ether oxygens (including phenoxy) is 2. The summed E-state index contributed by atoms with van der Waals surface area (Å²) in [5.41, 5.74) is 0.555. The molecule has 4 heteroatoms. The van der Waals surface area contributed by atoms with Gasteiger partial charge in [0.25, 0.3) is 0 Å². The molecule has 20 heavy (non-hydrogen) atoms. The monoisotopic (exact) mass is 278 g/mol. The molecule has 0 heterocycles. The maximum absolute atomic E-state index is 11.2. The van der Waals surface area contributed by atoms with E-state index in [-0.39, 0.29) is 12.4 Å². The van der Waals surface area contributed by atoms with Gasteiger partial charge in [-0.25, -0.2) is 4.79 Å². The number of aliphatic hydroxyl groups is 1. The van der Waals surface area contributed by atoms with Gasteiger partial charge in [0, 0.05) is 5.56 Å². The SMILES string of the molecule is CCCCCOc1ccc(/C(O)=C/C(=O)OCC)cc1. The summed E-state index contributed by atoms with van der Waals surface area (Å²) in [6.45, 7) is 4.84. The van der Waals surface area contributed by atoms with Crippen molar-refractivity contribution in [2.24, 2.45) is 0 Å². The Morgan fingerprint density at radius 3 is 2.50 bits per heavy atom. The fourth-order valence-corrected chi connectivity index (χ4v) is 1.64. The summed E-state index contributed by atoms with van der Waals surface area (Å²) < 4.78 is 10.3. The van der Waals surface area contributed by atoms with Gasteiger partial charge in [0.2, 0.25) is 0 Å². The smallest absolute Gasteiger partial charge is 0.334 e. The maximum Gasteiger partial charge on any atom is 0.334 e. The first-order valence-corrected chi connectivity index (χ1v) is 6.98. The average molecular weight is 278 g/mol. The normalized spacial score (nSPS) is 11.2. The summed E-state index contributed by atoms with van der Waals surface area (Å²) in [4.78, 5) is 11.2. The van der Waals surface area contributed by atoms with Crippen molar-refractivity contribution < 1.29 is 19.4 Å². The number of hydrogen-bond acceptors (Lipinski definition) is 4. The van der Waals surface area contributed by atoms with E-state index >= 15 is 0 Å². The van der Waals surface area contributed by atoms with Crippen molar-refractivity contribution in [3.8, 4) is 5.75 Å². The number of carbonyl (C=O) groups excluding carboxylic acids is 1. The van der Waals surface area contributed by atoms with E-state index in [0.717, 1.165) is 31.1 Å². The molecule has 1 aromatic carbocycles. The minimum Gasteiger partial charge on any atom is -0.507 e. The van der Waals surface area contributed by atoms with Crippen LogP contribution in [0.3, 0.4) is 0 Å². The van der Waals surface area contributed by atoms with Gasteiger partial charge >= 0.3 is 5.97 Å². The van der Waals surface area contributed by atoms with Crippen molar-refractivity contribution in [2.45, 2.75) is 33.1 Å². The highest BCUT2D eigenvalue weighted by Crippen LogP contribution is 2.17. The van der Waals surface area contributed by atoms with Crippen LogP contribution in [-0.2, 0) is 9.53 Å². The number of aliphatic hydroxyl groups excluding tert-OH is 1. The molecule has 0 saturated heterocycles. The number of unbranched alkanes of at least 4 members (excludes halogenated alkanes) is 2. The summed E-state index contributed by atoms with van der Waals surface area (Å²) in [7, 11) is 0. The topological polar surface area (TPSA) is 55.8 Å². The van der Waals surface area contributed by atoms with Crippen LogP contribution < -0.4 is 4.74 Å². The Morgan fingerprint density at radius 2 is 1.90 bits per heavy atom. The number of esters is 1. The standard InChI is InChI=1S/C16H22O4/c1-3-5-6-11-20-14-9-7-13(8-10-14)15(17)12-16(18)19-4-2/h7-10,12,17H,3-6,11H2,1-2H3/b15-12-.